The van der Waals surface area contributed by atoms with E-state index in [-0.39, 0.29) is 5.91 Å². The SMILES string of the molecule is COc1cccc2ccc(/C=C3\SC(=S)N(CCCN4CCOCC4)C3=O)nc12. The van der Waals surface area contributed by atoms with Crippen molar-refractivity contribution >= 4 is 51.2 Å². The van der Waals surface area contributed by atoms with E-state index in [0.717, 1.165) is 55.9 Å². The second-order valence-corrected chi connectivity index (χ2v) is 8.58. The molecule has 1 aromatic heterocycles. The monoisotopic (exact) mass is 429 g/mol. The van der Waals surface area contributed by atoms with Crippen LogP contribution in [-0.4, -0.2) is 71.5 Å². The number of benzene rings is 1. The Morgan fingerprint density at radius 3 is 2.86 bits per heavy atom. The van der Waals surface area contributed by atoms with Crippen molar-refractivity contribution in [3.8, 4) is 5.75 Å². The quantitative estimate of drug-likeness (QED) is 0.516. The molecule has 0 saturated carbocycles. The molecule has 29 heavy (non-hydrogen) atoms. The van der Waals surface area contributed by atoms with Gasteiger partial charge in [0.25, 0.3) is 5.91 Å². The first-order valence-corrected chi connectivity index (χ1v) is 10.9. The number of aromatic nitrogens is 1. The minimum absolute atomic E-state index is 0.0381. The first-order chi connectivity index (χ1) is 14.2. The Morgan fingerprint density at radius 1 is 1.24 bits per heavy atom. The molecule has 0 N–H and O–H groups in total. The van der Waals surface area contributed by atoms with Crippen LogP contribution in [0.3, 0.4) is 0 Å². The van der Waals surface area contributed by atoms with E-state index >= 15 is 0 Å². The standard InChI is InChI=1S/C21H23N3O3S2/c1-26-17-5-2-4-15-6-7-16(22-19(15)17)14-18-20(25)24(21(28)29-18)9-3-8-23-10-12-27-13-11-23/h2,4-7,14H,3,8-13H2,1H3/b18-14-. The molecule has 0 bridgehead atoms. The molecule has 3 heterocycles. The van der Waals surface area contributed by atoms with Gasteiger partial charge in [-0.1, -0.05) is 42.2 Å². The number of carbonyl (C=O) groups excluding carboxylic acids is 1. The second kappa shape index (κ2) is 9.21. The van der Waals surface area contributed by atoms with Crippen molar-refractivity contribution in [1.29, 1.82) is 0 Å². The number of hydrogen-bond donors (Lipinski definition) is 0. The van der Waals surface area contributed by atoms with Crippen molar-refractivity contribution in [3.63, 3.8) is 0 Å². The number of thiocarbonyl (C=S) groups is 1. The van der Waals surface area contributed by atoms with Crippen molar-refractivity contribution in [2.24, 2.45) is 0 Å². The van der Waals surface area contributed by atoms with Gasteiger partial charge in [0.15, 0.2) is 0 Å². The van der Waals surface area contributed by atoms with Crippen LogP contribution in [0.1, 0.15) is 12.1 Å². The highest BCUT2D eigenvalue weighted by molar-refractivity contribution is 8.26. The highest BCUT2D eigenvalue weighted by atomic mass is 32.2. The summed E-state index contributed by atoms with van der Waals surface area (Å²) in [7, 11) is 1.63. The summed E-state index contributed by atoms with van der Waals surface area (Å²) in [5, 5.41) is 0.997. The Bertz CT molecular complexity index is 957. The normalized spacial score (nSPS) is 19.5. The summed E-state index contributed by atoms with van der Waals surface area (Å²) < 4.78 is 11.4. The maximum atomic E-state index is 12.9. The number of morpholine rings is 1. The van der Waals surface area contributed by atoms with Crippen molar-refractivity contribution in [2.75, 3.05) is 46.5 Å². The van der Waals surface area contributed by atoms with Crippen LogP contribution < -0.4 is 4.74 Å². The van der Waals surface area contributed by atoms with Crippen LogP contribution in [0.2, 0.25) is 0 Å². The van der Waals surface area contributed by atoms with Crippen molar-refractivity contribution < 1.29 is 14.3 Å². The number of carbonyl (C=O) groups is 1. The van der Waals surface area contributed by atoms with E-state index in [1.54, 1.807) is 12.0 Å². The van der Waals surface area contributed by atoms with Crippen molar-refractivity contribution in [1.82, 2.24) is 14.8 Å². The molecule has 152 valence electrons. The van der Waals surface area contributed by atoms with Crippen LogP contribution in [0.15, 0.2) is 35.2 Å². The highest BCUT2D eigenvalue weighted by Crippen LogP contribution is 2.33. The summed E-state index contributed by atoms with van der Waals surface area (Å²) in [5.41, 5.74) is 1.50. The van der Waals surface area contributed by atoms with Gasteiger partial charge >= 0.3 is 0 Å². The zero-order valence-corrected chi connectivity index (χ0v) is 17.9. The Hall–Kier alpha value is -2.00. The van der Waals surface area contributed by atoms with Crippen LogP contribution >= 0.6 is 24.0 Å². The number of nitrogens with zero attached hydrogens (tertiary/aromatic N) is 3. The predicted octanol–water partition coefficient (Wildman–Crippen LogP) is 3.17. The Kier molecular flexibility index (Phi) is 6.44. The van der Waals surface area contributed by atoms with E-state index in [2.05, 4.69) is 9.88 Å². The lowest BCUT2D eigenvalue weighted by Crippen LogP contribution is -2.38. The lowest BCUT2D eigenvalue weighted by Gasteiger charge is -2.27. The summed E-state index contributed by atoms with van der Waals surface area (Å²) in [6.07, 6.45) is 2.71. The summed E-state index contributed by atoms with van der Waals surface area (Å²) >= 11 is 6.79. The molecule has 2 saturated heterocycles. The Labute approximate surface area is 179 Å². The minimum atomic E-state index is -0.0381. The van der Waals surface area contributed by atoms with E-state index in [9.17, 15) is 4.79 Å². The first kappa shape index (κ1) is 20.3. The van der Waals surface area contributed by atoms with Crippen molar-refractivity contribution in [2.45, 2.75) is 6.42 Å². The second-order valence-electron chi connectivity index (χ2n) is 6.91. The number of amides is 1. The molecule has 0 unspecified atom stereocenters. The van der Waals surface area contributed by atoms with E-state index < -0.39 is 0 Å². The molecular formula is C21H23N3O3S2. The lowest BCUT2D eigenvalue weighted by molar-refractivity contribution is -0.122. The smallest absolute Gasteiger partial charge is 0.266 e. The number of methoxy groups -OCH3 is 1. The fourth-order valence-corrected chi connectivity index (χ4v) is 4.78. The molecule has 0 atom stereocenters. The molecule has 0 radical (unpaired) electrons. The summed E-state index contributed by atoms with van der Waals surface area (Å²) in [5.74, 6) is 0.678. The van der Waals surface area contributed by atoms with E-state index in [4.69, 9.17) is 21.7 Å². The summed E-state index contributed by atoms with van der Waals surface area (Å²) in [6.45, 7) is 5.06. The molecule has 2 aliphatic heterocycles. The molecule has 0 spiro atoms. The lowest BCUT2D eigenvalue weighted by atomic mass is 10.2. The predicted molar refractivity (Wildman–Crippen MR) is 120 cm³/mol. The van der Waals surface area contributed by atoms with Crippen LogP contribution in [0.4, 0.5) is 0 Å². The molecule has 4 rings (SSSR count). The Balaban J connectivity index is 1.45. The van der Waals surface area contributed by atoms with Gasteiger partial charge in [0.2, 0.25) is 0 Å². The van der Waals surface area contributed by atoms with Gasteiger partial charge in [0.05, 0.1) is 30.9 Å². The number of ether oxygens (including phenoxy) is 2. The van der Waals surface area contributed by atoms with Gasteiger partial charge in [-0.3, -0.25) is 14.6 Å². The van der Waals surface area contributed by atoms with Crippen LogP contribution in [0.5, 0.6) is 5.75 Å². The summed E-state index contributed by atoms with van der Waals surface area (Å²) in [4.78, 5) is 22.2. The zero-order chi connectivity index (χ0) is 20.2. The van der Waals surface area contributed by atoms with Gasteiger partial charge in [0, 0.05) is 31.6 Å². The molecular weight excluding hydrogens is 406 g/mol. The highest BCUT2D eigenvalue weighted by Gasteiger charge is 2.31. The fraction of sp³-hybridized carbons (Fsp3) is 0.381. The molecule has 1 aromatic carbocycles. The topological polar surface area (TPSA) is 54.9 Å². The van der Waals surface area contributed by atoms with Gasteiger partial charge in [-0.25, -0.2) is 4.98 Å². The maximum Gasteiger partial charge on any atom is 0.266 e. The number of hydrogen-bond acceptors (Lipinski definition) is 7. The number of fused-ring (bicyclic) bond motifs is 1. The third kappa shape index (κ3) is 4.61. The number of para-hydroxylation sites is 1. The van der Waals surface area contributed by atoms with Crippen molar-refractivity contribution in [3.05, 3.63) is 40.9 Å². The zero-order valence-electron chi connectivity index (χ0n) is 16.3. The Morgan fingerprint density at radius 2 is 2.07 bits per heavy atom. The van der Waals surface area contributed by atoms with Gasteiger partial charge in [-0.05, 0) is 24.6 Å². The molecule has 2 aromatic rings. The molecule has 0 aliphatic carbocycles. The molecule has 2 aliphatic rings. The van der Waals surface area contributed by atoms with Crippen LogP contribution in [0.25, 0.3) is 17.0 Å². The number of rotatable bonds is 6. The van der Waals surface area contributed by atoms with E-state index in [0.29, 0.717) is 21.5 Å². The molecule has 6 nitrogen and oxygen atoms in total. The fourth-order valence-electron chi connectivity index (χ4n) is 3.48. The third-order valence-corrected chi connectivity index (χ3v) is 6.41. The molecule has 8 heteroatoms. The van der Waals surface area contributed by atoms with Gasteiger partial charge < -0.3 is 9.47 Å². The average molecular weight is 430 g/mol. The third-order valence-electron chi connectivity index (χ3n) is 5.04. The van der Waals surface area contributed by atoms with Gasteiger partial charge in [-0.15, -0.1) is 0 Å². The van der Waals surface area contributed by atoms with Gasteiger partial charge in [0.1, 0.15) is 15.6 Å². The number of thioether (sulfide) groups is 1. The average Bonchev–Trinajstić information content (AvgIpc) is 3.01. The van der Waals surface area contributed by atoms with E-state index in [1.807, 2.05) is 36.4 Å². The van der Waals surface area contributed by atoms with E-state index in [1.165, 1.54) is 11.8 Å². The van der Waals surface area contributed by atoms with Crippen LogP contribution in [0, 0.1) is 0 Å². The van der Waals surface area contributed by atoms with Gasteiger partial charge in [-0.2, -0.15) is 0 Å². The minimum Gasteiger partial charge on any atom is -0.494 e. The number of pyridine rings is 1. The maximum absolute atomic E-state index is 12.9. The first-order valence-electron chi connectivity index (χ1n) is 9.65. The molecule has 1 amide bonds. The summed E-state index contributed by atoms with van der Waals surface area (Å²) in [6, 6.07) is 9.70. The van der Waals surface area contributed by atoms with Crippen LogP contribution in [-0.2, 0) is 9.53 Å². The largest absolute Gasteiger partial charge is 0.494 e. The molecule has 2 fully saturated rings.